The maximum atomic E-state index is 10.5. The van der Waals surface area contributed by atoms with Crippen LogP contribution >= 0.6 is 0 Å². The molecule has 1 heterocycles. The predicted octanol–water partition coefficient (Wildman–Crippen LogP) is 1.32. The van der Waals surface area contributed by atoms with Gasteiger partial charge in [-0.2, -0.15) is 0 Å². The molecule has 1 amide bonds. The number of terminal acetylenes is 1. The number of carbonyl (C=O) groups is 1. The lowest BCUT2D eigenvalue weighted by molar-refractivity contribution is 0.141. The van der Waals surface area contributed by atoms with Gasteiger partial charge in [0.2, 0.25) is 0 Å². The van der Waals surface area contributed by atoms with Crippen molar-refractivity contribution in [3.63, 3.8) is 0 Å². The number of allylic oxidation sites excluding steroid dienone is 1. The highest BCUT2D eigenvalue weighted by Gasteiger charge is 2.16. The van der Waals surface area contributed by atoms with Crippen LogP contribution in [0, 0.1) is 12.3 Å². The Kier molecular flexibility index (Phi) is 2.76. The van der Waals surface area contributed by atoms with Gasteiger partial charge in [0.1, 0.15) is 0 Å². The second kappa shape index (κ2) is 3.82. The summed E-state index contributed by atoms with van der Waals surface area (Å²) in [6.07, 6.45) is 7.54. The monoisotopic (exact) mass is 165 g/mol. The first-order chi connectivity index (χ1) is 5.74. The summed E-state index contributed by atoms with van der Waals surface area (Å²) in [4.78, 5) is 11.9. The van der Waals surface area contributed by atoms with Crippen molar-refractivity contribution in [3.8, 4) is 12.3 Å². The first-order valence-electron chi connectivity index (χ1n) is 3.86. The number of likely N-dealkylation sites (tertiary alicyclic amines) is 1. The Bertz CT molecular complexity index is 240. The van der Waals surface area contributed by atoms with E-state index in [1.54, 1.807) is 6.08 Å². The van der Waals surface area contributed by atoms with Crippen LogP contribution in [0.1, 0.15) is 12.8 Å². The average Bonchev–Trinajstić information content (AvgIpc) is 2.06. The minimum atomic E-state index is -0.838. The minimum Gasteiger partial charge on any atom is -0.465 e. The molecular formula is C9H11NO2. The van der Waals surface area contributed by atoms with Gasteiger partial charge in [-0.25, -0.2) is 4.79 Å². The summed E-state index contributed by atoms with van der Waals surface area (Å²) in [7, 11) is 0. The van der Waals surface area contributed by atoms with Crippen molar-refractivity contribution in [2.45, 2.75) is 12.8 Å². The Morgan fingerprint density at radius 1 is 1.58 bits per heavy atom. The molecule has 3 nitrogen and oxygen atoms in total. The molecule has 3 heteroatoms. The van der Waals surface area contributed by atoms with E-state index < -0.39 is 6.09 Å². The molecule has 0 bridgehead atoms. The van der Waals surface area contributed by atoms with Crippen molar-refractivity contribution < 1.29 is 9.90 Å². The van der Waals surface area contributed by atoms with Crippen molar-refractivity contribution in [1.82, 2.24) is 4.90 Å². The van der Waals surface area contributed by atoms with Gasteiger partial charge in [0.25, 0.3) is 0 Å². The maximum Gasteiger partial charge on any atom is 0.407 e. The Hall–Kier alpha value is -1.43. The van der Waals surface area contributed by atoms with E-state index in [-0.39, 0.29) is 0 Å². The van der Waals surface area contributed by atoms with Gasteiger partial charge in [-0.15, -0.1) is 6.42 Å². The highest BCUT2D eigenvalue weighted by atomic mass is 16.4. The lowest BCUT2D eigenvalue weighted by Crippen LogP contribution is -2.35. The minimum absolute atomic E-state index is 0.572. The van der Waals surface area contributed by atoms with Gasteiger partial charge in [-0.1, -0.05) is 11.5 Å². The number of amides is 1. The van der Waals surface area contributed by atoms with Gasteiger partial charge >= 0.3 is 6.09 Å². The van der Waals surface area contributed by atoms with Gasteiger partial charge in [-0.3, -0.25) is 0 Å². The standard InChI is InChI=1S/C9H11NO2/c1-2-3-8-4-6-10(7-5-8)9(11)12/h1,3H,4-7H2,(H,11,12). The van der Waals surface area contributed by atoms with Crippen LogP contribution < -0.4 is 0 Å². The Labute approximate surface area is 71.7 Å². The van der Waals surface area contributed by atoms with E-state index >= 15 is 0 Å². The molecule has 0 radical (unpaired) electrons. The van der Waals surface area contributed by atoms with Crippen molar-refractivity contribution in [2.75, 3.05) is 13.1 Å². The van der Waals surface area contributed by atoms with E-state index in [9.17, 15) is 4.79 Å². The number of hydrogen-bond acceptors (Lipinski definition) is 1. The number of piperidine rings is 1. The van der Waals surface area contributed by atoms with E-state index in [1.165, 1.54) is 10.5 Å². The second-order valence-electron chi connectivity index (χ2n) is 2.74. The number of rotatable bonds is 0. The first kappa shape index (κ1) is 8.66. The van der Waals surface area contributed by atoms with Crippen LogP contribution in [-0.2, 0) is 0 Å². The Morgan fingerprint density at radius 3 is 2.58 bits per heavy atom. The SMILES string of the molecule is C#CC=C1CCN(C(=O)O)CC1. The maximum absolute atomic E-state index is 10.5. The van der Waals surface area contributed by atoms with Gasteiger partial charge in [0.15, 0.2) is 0 Å². The lowest BCUT2D eigenvalue weighted by atomic mass is 10.0. The van der Waals surface area contributed by atoms with Crippen LogP contribution in [0.15, 0.2) is 11.6 Å². The van der Waals surface area contributed by atoms with E-state index in [0.717, 1.165) is 12.8 Å². The largest absolute Gasteiger partial charge is 0.465 e. The van der Waals surface area contributed by atoms with Crippen molar-refractivity contribution in [2.24, 2.45) is 0 Å². The molecule has 0 unspecified atom stereocenters. The molecule has 0 spiro atoms. The van der Waals surface area contributed by atoms with Crippen LogP contribution in [0.2, 0.25) is 0 Å². The smallest absolute Gasteiger partial charge is 0.407 e. The molecule has 1 saturated heterocycles. The number of nitrogens with zero attached hydrogens (tertiary/aromatic N) is 1. The molecule has 0 aromatic heterocycles. The van der Waals surface area contributed by atoms with Crippen LogP contribution in [0.5, 0.6) is 0 Å². The molecule has 1 fully saturated rings. The van der Waals surface area contributed by atoms with Gasteiger partial charge in [0, 0.05) is 13.1 Å². The predicted molar refractivity (Wildman–Crippen MR) is 45.7 cm³/mol. The third-order valence-electron chi connectivity index (χ3n) is 1.96. The summed E-state index contributed by atoms with van der Waals surface area (Å²) in [5.74, 6) is 2.45. The Morgan fingerprint density at radius 2 is 2.17 bits per heavy atom. The first-order valence-corrected chi connectivity index (χ1v) is 3.86. The number of hydrogen-bond donors (Lipinski definition) is 1. The van der Waals surface area contributed by atoms with Crippen LogP contribution in [0.3, 0.4) is 0 Å². The molecule has 1 rings (SSSR count). The molecule has 0 aliphatic carbocycles. The summed E-state index contributed by atoms with van der Waals surface area (Å²) >= 11 is 0. The summed E-state index contributed by atoms with van der Waals surface area (Å²) in [6, 6.07) is 0. The van der Waals surface area contributed by atoms with E-state index in [2.05, 4.69) is 5.92 Å². The Balaban J connectivity index is 2.46. The fourth-order valence-electron chi connectivity index (χ4n) is 1.25. The zero-order valence-corrected chi connectivity index (χ0v) is 6.79. The molecule has 1 N–H and O–H groups in total. The van der Waals surface area contributed by atoms with Crippen molar-refractivity contribution >= 4 is 6.09 Å². The quantitative estimate of drug-likeness (QED) is 0.550. The highest BCUT2D eigenvalue weighted by Crippen LogP contribution is 2.15. The molecule has 0 saturated carbocycles. The molecule has 0 atom stereocenters. The summed E-state index contributed by atoms with van der Waals surface area (Å²) in [6.45, 7) is 1.14. The van der Waals surface area contributed by atoms with E-state index in [0.29, 0.717) is 13.1 Å². The molecule has 12 heavy (non-hydrogen) atoms. The van der Waals surface area contributed by atoms with Gasteiger partial charge < -0.3 is 10.0 Å². The third kappa shape index (κ3) is 2.03. The van der Waals surface area contributed by atoms with Crippen LogP contribution in [0.25, 0.3) is 0 Å². The van der Waals surface area contributed by atoms with Crippen LogP contribution in [-0.4, -0.2) is 29.2 Å². The van der Waals surface area contributed by atoms with Gasteiger partial charge in [0.05, 0.1) is 0 Å². The zero-order chi connectivity index (χ0) is 8.97. The topological polar surface area (TPSA) is 40.5 Å². The fraction of sp³-hybridized carbons (Fsp3) is 0.444. The molecular weight excluding hydrogens is 154 g/mol. The zero-order valence-electron chi connectivity index (χ0n) is 6.79. The lowest BCUT2D eigenvalue weighted by Gasteiger charge is -2.25. The van der Waals surface area contributed by atoms with E-state index in [4.69, 9.17) is 11.5 Å². The third-order valence-corrected chi connectivity index (χ3v) is 1.96. The highest BCUT2D eigenvalue weighted by molar-refractivity contribution is 5.65. The van der Waals surface area contributed by atoms with E-state index in [1.807, 2.05) is 0 Å². The summed E-state index contributed by atoms with van der Waals surface area (Å²) in [5.41, 5.74) is 1.18. The van der Waals surface area contributed by atoms with Gasteiger partial charge in [-0.05, 0) is 18.9 Å². The summed E-state index contributed by atoms with van der Waals surface area (Å²) < 4.78 is 0. The molecule has 1 aliphatic rings. The number of carboxylic acid groups (broad SMARTS) is 1. The normalized spacial score (nSPS) is 16.9. The summed E-state index contributed by atoms with van der Waals surface area (Å²) in [5, 5.41) is 8.62. The average molecular weight is 165 g/mol. The van der Waals surface area contributed by atoms with Crippen molar-refractivity contribution in [3.05, 3.63) is 11.6 Å². The molecule has 0 aromatic rings. The van der Waals surface area contributed by atoms with Crippen molar-refractivity contribution in [1.29, 1.82) is 0 Å². The molecule has 0 aromatic carbocycles. The van der Waals surface area contributed by atoms with Crippen LogP contribution in [0.4, 0.5) is 4.79 Å². The second-order valence-corrected chi connectivity index (χ2v) is 2.74. The molecule has 64 valence electrons. The molecule has 1 aliphatic heterocycles. The fourth-order valence-corrected chi connectivity index (χ4v) is 1.25.